The second-order valence-corrected chi connectivity index (χ2v) is 8.03. The van der Waals surface area contributed by atoms with E-state index < -0.39 is 15.9 Å². The van der Waals surface area contributed by atoms with Gasteiger partial charge in [-0.15, -0.1) is 23.2 Å². The highest BCUT2D eigenvalue weighted by Gasteiger charge is 2.58. The van der Waals surface area contributed by atoms with Crippen LogP contribution in [0, 0.1) is 5.92 Å². The maximum atomic E-state index is 13.4. The van der Waals surface area contributed by atoms with E-state index in [1.54, 1.807) is 0 Å². The summed E-state index contributed by atoms with van der Waals surface area (Å²) in [6.45, 7) is 0.221. The number of benzene rings is 2. The van der Waals surface area contributed by atoms with Crippen LogP contribution in [0.3, 0.4) is 0 Å². The molecule has 1 saturated carbocycles. The summed E-state index contributed by atoms with van der Waals surface area (Å²) in [6.07, 6.45) is 0.580. The van der Waals surface area contributed by atoms with Gasteiger partial charge >= 0.3 is 6.03 Å². The fraction of sp³-hybridized carbons (Fsp3) is 0.263. The van der Waals surface area contributed by atoms with E-state index in [2.05, 4.69) is 5.32 Å². The van der Waals surface area contributed by atoms with Crippen molar-refractivity contribution >= 4 is 35.1 Å². The zero-order chi connectivity index (χ0) is 17.7. The zero-order valence-corrected chi connectivity index (χ0v) is 14.8. The monoisotopic (exact) mass is 374 g/mol. The first kappa shape index (κ1) is 16.4. The number of urea groups is 1. The average molecular weight is 375 g/mol. The predicted octanol–water partition coefficient (Wildman–Crippen LogP) is 3.68. The molecule has 1 aliphatic carbocycles. The zero-order valence-electron chi connectivity index (χ0n) is 13.3. The molecule has 1 N–H and O–H groups in total. The first-order chi connectivity index (χ1) is 11.9. The number of halogens is 2. The Labute approximate surface area is 155 Å². The molecule has 1 aliphatic heterocycles. The number of hydrogen-bond donors (Lipinski definition) is 1. The molecule has 4 rings (SSSR count). The minimum atomic E-state index is -1.23. The highest BCUT2D eigenvalue weighted by Crippen LogP contribution is 2.54. The van der Waals surface area contributed by atoms with Crippen LogP contribution < -0.4 is 5.32 Å². The van der Waals surface area contributed by atoms with Gasteiger partial charge in [-0.05, 0) is 17.5 Å². The summed E-state index contributed by atoms with van der Waals surface area (Å²) < 4.78 is -0.842. The Morgan fingerprint density at radius 2 is 1.44 bits per heavy atom. The lowest BCUT2D eigenvalue weighted by atomic mass is 9.82. The van der Waals surface area contributed by atoms with Gasteiger partial charge in [0, 0.05) is 12.5 Å². The van der Waals surface area contributed by atoms with Gasteiger partial charge in [-0.25, -0.2) is 4.79 Å². The van der Waals surface area contributed by atoms with Crippen molar-refractivity contribution in [1.82, 2.24) is 10.2 Å². The summed E-state index contributed by atoms with van der Waals surface area (Å²) in [5.41, 5.74) is 0.220. The van der Waals surface area contributed by atoms with Gasteiger partial charge < -0.3 is 5.32 Å². The van der Waals surface area contributed by atoms with Crippen LogP contribution in [0.5, 0.6) is 0 Å². The molecule has 25 heavy (non-hydrogen) atoms. The molecule has 0 spiro atoms. The first-order valence-corrected chi connectivity index (χ1v) is 8.84. The highest BCUT2D eigenvalue weighted by atomic mass is 35.5. The lowest BCUT2D eigenvalue weighted by Gasteiger charge is -2.28. The van der Waals surface area contributed by atoms with Crippen LogP contribution in [0.4, 0.5) is 4.79 Å². The SMILES string of the molecule is O=C1NC(c2ccccc2)(c2ccccc2)C(=O)N1C[C@@H]1CC1(Cl)Cl. The molecule has 2 aromatic carbocycles. The number of carbonyl (C=O) groups excluding carboxylic acids is 2. The minimum Gasteiger partial charge on any atom is -0.315 e. The molecule has 1 saturated heterocycles. The van der Waals surface area contributed by atoms with E-state index in [0.29, 0.717) is 6.42 Å². The topological polar surface area (TPSA) is 49.4 Å². The fourth-order valence-corrected chi connectivity index (χ4v) is 3.87. The number of nitrogens with zero attached hydrogens (tertiary/aromatic N) is 1. The maximum Gasteiger partial charge on any atom is 0.325 e. The van der Waals surface area contributed by atoms with Crippen molar-refractivity contribution in [3.63, 3.8) is 0 Å². The number of carbonyl (C=O) groups is 2. The van der Waals surface area contributed by atoms with Crippen molar-refractivity contribution in [2.45, 2.75) is 16.3 Å². The summed E-state index contributed by atoms with van der Waals surface area (Å²) >= 11 is 12.2. The van der Waals surface area contributed by atoms with Gasteiger partial charge in [0.25, 0.3) is 5.91 Å². The molecule has 6 heteroatoms. The van der Waals surface area contributed by atoms with Gasteiger partial charge in [0.2, 0.25) is 0 Å². The molecule has 4 nitrogen and oxygen atoms in total. The van der Waals surface area contributed by atoms with E-state index in [0.717, 1.165) is 11.1 Å². The molecule has 0 radical (unpaired) electrons. The summed E-state index contributed by atoms with van der Waals surface area (Å²) in [5, 5.41) is 2.91. The van der Waals surface area contributed by atoms with Crippen molar-refractivity contribution in [2.75, 3.05) is 6.54 Å². The van der Waals surface area contributed by atoms with Crippen LogP contribution in [0.15, 0.2) is 60.7 Å². The van der Waals surface area contributed by atoms with Crippen LogP contribution in [0.25, 0.3) is 0 Å². The van der Waals surface area contributed by atoms with E-state index in [1.807, 2.05) is 60.7 Å². The number of amides is 3. The molecular weight excluding hydrogens is 359 g/mol. The summed E-state index contributed by atoms with van der Waals surface area (Å²) in [4.78, 5) is 27.2. The smallest absolute Gasteiger partial charge is 0.315 e. The van der Waals surface area contributed by atoms with E-state index in [1.165, 1.54) is 4.90 Å². The van der Waals surface area contributed by atoms with Crippen LogP contribution >= 0.6 is 23.2 Å². The van der Waals surface area contributed by atoms with Crippen molar-refractivity contribution in [2.24, 2.45) is 5.92 Å². The summed E-state index contributed by atoms with van der Waals surface area (Å²) in [7, 11) is 0. The van der Waals surface area contributed by atoms with E-state index in [9.17, 15) is 9.59 Å². The van der Waals surface area contributed by atoms with E-state index >= 15 is 0 Å². The standard InChI is InChI=1S/C19H16Cl2N2O2/c20-18(21)11-15(18)12-23-16(24)19(22-17(23)25,13-7-3-1-4-8-13)14-9-5-2-6-10-14/h1-10,15H,11-12H2,(H,22,25)/t15-/m0/s1. The Bertz CT molecular complexity index is 784. The van der Waals surface area contributed by atoms with E-state index in [4.69, 9.17) is 23.2 Å². The first-order valence-electron chi connectivity index (χ1n) is 8.08. The van der Waals surface area contributed by atoms with Gasteiger partial charge in [-0.2, -0.15) is 0 Å². The molecular formula is C19H16Cl2N2O2. The lowest BCUT2D eigenvalue weighted by molar-refractivity contribution is -0.130. The normalized spacial score (nSPS) is 23.4. The van der Waals surface area contributed by atoms with Crippen LogP contribution in [-0.2, 0) is 10.3 Å². The molecule has 2 aliphatic rings. The molecule has 128 valence electrons. The Balaban J connectivity index is 1.77. The van der Waals surface area contributed by atoms with Gasteiger partial charge in [0.1, 0.15) is 4.33 Å². The van der Waals surface area contributed by atoms with Crippen molar-refractivity contribution in [3.8, 4) is 0 Å². The molecule has 0 bridgehead atoms. The summed E-state index contributed by atoms with van der Waals surface area (Å²) in [6, 6.07) is 18.1. The highest BCUT2D eigenvalue weighted by molar-refractivity contribution is 6.50. The van der Waals surface area contributed by atoms with Gasteiger partial charge in [-0.1, -0.05) is 60.7 Å². The van der Waals surface area contributed by atoms with Gasteiger partial charge in [0.15, 0.2) is 5.54 Å². The molecule has 0 unspecified atom stereocenters. The number of hydrogen-bond acceptors (Lipinski definition) is 2. The van der Waals surface area contributed by atoms with Crippen LogP contribution in [-0.4, -0.2) is 27.7 Å². The Morgan fingerprint density at radius 1 is 0.960 bits per heavy atom. The number of alkyl halides is 2. The van der Waals surface area contributed by atoms with Gasteiger partial charge in [0.05, 0.1) is 0 Å². The Morgan fingerprint density at radius 3 is 1.88 bits per heavy atom. The molecule has 2 aromatic rings. The van der Waals surface area contributed by atoms with Crippen molar-refractivity contribution in [3.05, 3.63) is 71.8 Å². The third-order valence-corrected chi connectivity index (χ3v) is 5.80. The minimum absolute atomic E-state index is 0.0899. The number of imide groups is 1. The quantitative estimate of drug-likeness (QED) is 0.655. The van der Waals surface area contributed by atoms with Crippen molar-refractivity contribution < 1.29 is 9.59 Å². The maximum absolute atomic E-state index is 13.4. The third kappa shape index (κ3) is 2.60. The Hall–Kier alpha value is -2.04. The van der Waals surface area contributed by atoms with Gasteiger partial charge in [-0.3, -0.25) is 9.69 Å². The van der Waals surface area contributed by atoms with E-state index in [-0.39, 0.29) is 18.4 Å². The average Bonchev–Trinajstić information content (AvgIpc) is 3.15. The van der Waals surface area contributed by atoms with Crippen molar-refractivity contribution in [1.29, 1.82) is 0 Å². The number of rotatable bonds is 4. The molecule has 0 aromatic heterocycles. The molecule has 3 amide bonds. The predicted molar refractivity (Wildman–Crippen MR) is 96.5 cm³/mol. The second-order valence-electron chi connectivity index (χ2n) is 6.49. The van der Waals surface area contributed by atoms with Crippen LogP contribution in [0.2, 0.25) is 0 Å². The molecule has 1 heterocycles. The molecule has 2 fully saturated rings. The lowest BCUT2D eigenvalue weighted by Crippen LogP contribution is -2.45. The van der Waals surface area contributed by atoms with Crippen LogP contribution in [0.1, 0.15) is 17.5 Å². The number of nitrogens with one attached hydrogen (secondary N) is 1. The molecule has 1 atom stereocenters. The summed E-state index contributed by atoms with van der Waals surface area (Å²) in [5.74, 6) is -0.390. The third-order valence-electron chi connectivity index (χ3n) is 4.88. The fourth-order valence-electron chi connectivity index (χ4n) is 3.36. The second kappa shape index (κ2) is 5.75. The Kier molecular flexibility index (Phi) is 3.78. The largest absolute Gasteiger partial charge is 0.325 e.